The van der Waals surface area contributed by atoms with Gasteiger partial charge in [0.25, 0.3) is 0 Å². The van der Waals surface area contributed by atoms with Crippen molar-refractivity contribution >= 4 is 5.97 Å². The monoisotopic (exact) mass is 687 g/mol. The van der Waals surface area contributed by atoms with E-state index in [1.165, 1.54) is 64.2 Å². The molecule has 1 aliphatic carbocycles. The van der Waals surface area contributed by atoms with E-state index in [1.54, 1.807) is 0 Å². The van der Waals surface area contributed by atoms with E-state index in [0.29, 0.717) is 11.5 Å². The minimum atomic E-state index is -1.59. The summed E-state index contributed by atoms with van der Waals surface area (Å²) in [5.41, 5.74) is 3.18. The Bertz CT molecular complexity index is 1270. The second kappa shape index (κ2) is 17.3. The molecule has 0 spiro atoms. The number of aliphatic hydroxyl groups excluding tert-OH is 4. The van der Waals surface area contributed by atoms with Crippen molar-refractivity contribution in [1.82, 2.24) is 4.90 Å². The van der Waals surface area contributed by atoms with Crippen LogP contribution in [-0.2, 0) is 25.5 Å². The van der Waals surface area contributed by atoms with E-state index in [1.807, 2.05) is 18.2 Å². The molecule has 274 valence electrons. The van der Waals surface area contributed by atoms with E-state index in [2.05, 4.69) is 11.8 Å². The fraction of sp³-hybridized carbons (Fsp3) is 0.763. The van der Waals surface area contributed by atoms with Gasteiger partial charge in [-0.3, -0.25) is 9.69 Å². The second-order valence-corrected chi connectivity index (χ2v) is 14.6. The van der Waals surface area contributed by atoms with Crippen molar-refractivity contribution in [3.63, 3.8) is 0 Å². The molecular weight excluding hydrogens is 630 g/mol. The van der Waals surface area contributed by atoms with Crippen LogP contribution in [0.4, 0.5) is 0 Å². The Balaban J connectivity index is 0.973. The molecule has 11 nitrogen and oxygen atoms in total. The molecule has 6 rings (SSSR count). The molecule has 11 heteroatoms. The highest BCUT2D eigenvalue weighted by Crippen LogP contribution is 2.50. The lowest BCUT2D eigenvalue weighted by Gasteiger charge is -2.48. The average Bonchev–Trinajstić information content (AvgIpc) is 3.73. The molecule has 0 aromatic heterocycles. The first kappa shape index (κ1) is 36.5. The van der Waals surface area contributed by atoms with Crippen LogP contribution in [0.15, 0.2) is 23.8 Å². The molecule has 2 fully saturated rings. The van der Waals surface area contributed by atoms with Crippen molar-refractivity contribution in [2.24, 2.45) is 0 Å². The number of aliphatic hydroxyl groups is 4. The molecule has 4 aliphatic heterocycles. The van der Waals surface area contributed by atoms with Gasteiger partial charge in [0.2, 0.25) is 6.79 Å². The largest absolute Gasteiger partial charge is 0.463 e. The smallest absolute Gasteiger partial charge is 0.305 e. The first-order valence-electron chi connectivity index (χ1n) is 18.9. The van der Waals surface area contributed by atoms with Gasteiger partial charge < -0.3 is 44.1 Å². The third kappa shape index (κ3) is 8.63. The van der Waals surface area contributed by atoms with E-state index in [4.69, 9.17) is 23.7 Å². The van der Waals surface area contributed by atoms with Crippen LogP contribution in [0.2, 0.25) is 0 Å². The van der Waals surface area contributed by atoms with Gasteiger partial charge in [0.15, 0.2) is 17.8 Å². The Morgan fingerprint density at radius 3 is 2.20 bits per heavy atom. The van der Waals surface area contributed by atoms with Crippen LogP contribution in [0.25, 0.3) is 0 Å². The van der Waals surface area contributed by atoms with Gasteiger partial charge in [-0.25, -0.2) is 0 Å². The summed E-state index contributed by atoms with van der Waals surface area (Å²) in [5.74, 6) is 0.640. The Morgan fingerprint density at radius 1 is 0.857 bits per heavy atom. The topological polar surface area (TPSA) is 147 Å². The molecule has 9 atom stereocenters. The number of ether oxygens (including phenoxy) is 5. The van der Waals surface area contributed by atoms with E-state index in [0.717, 1.165) is 55.5 Å². The van der Waals surface area contributed by atoms with Gasteiger partial charge in [-0.2, -0.15) is 0 Å². The number of hydrogen-bond donors (Lipinski definition) is 4. The summed E-state index contributed by atoms with van der Waals surface area (Å²) < 4.78 is 29.1. The van der Waals surface area contributed by atoms with Crippen LogP contribution < -0.4 is 9.47 Å². The first-order chi connectivity index (χ1) is 23.9. The molecule has 49 heavy (non-hydrogen) atoms. The highest BCUT2D eigenvalue weighted by molar-refractivity contribution is 5.69. The zero-order chi connectivity index (χ0) is 34.3. The quantitative estimate of drug-likeness (QED) is 0.0975. The van der Waals surface area contributed by atoms with E-state index in [-0.39, 0.29) is 31.8 Å². The lowest BCUT2D eigenvalue weighted by Crippen LogP contribution is -2.61. The predicted molar refractivity (Wildman–Crippen MR) is 181 cm³/mol. The molecular formula is C38H57NO10. The van der Waals surface area contributed by atoms with Crippen molar-refractivity contribution in [3.05, 3.63) is 34.9 Å². The van der Waals surface area contributed by atoms with Crippen molar-refractivity contribution in [1.29, 1.82) is 0 Å². The fourth-order valence-corrected chi connectivity index (χ4v) is 8.35. The summed E-state index contributed by atoms with van der Waals surface area (Å²) in [6, 6.07) is 3.95. The van der Waals surface area contributed by atoms with Gasteiger partial charge >= 0.3 is 5.97 Å². The average molecular weight is 688 g/mol. The minimum absolute atomic E-state index is 0.000578. The zero-order valence-corrected chi connectivity index (χ0v) is 29.0. The van der Waals surface area contributed by atoms with Crippen LogP contribution >= 0.6 is 0 Å². The third-order valence-electron chi connectivity index (χ3n) is 11.1. The number of carbonyl (C=O) groups is 1. The van der Waals surface area contributed by atoms with Gasteiger partial charge in [0.1, 0.15) is 31.0 Å². The highest BCUT2D eigenvalue weighted by atomic mass is 16.7. The Kier molecular flexibility index (Phi) is 12.9. The van der Waals surface area contributed by atoms with E-state index >= 15 is 0 Å². The lowest BCUT2D eigenvalue weighted by molar-refractivity contribution is -0.319. The van der Waals surface area contributed by atoms with Crippen LogP contribution in [0, 0.1) is 0 Å². The molecule has 5 aliphatic rings. The maximum absolute atomic E-state index is 12.5. The summed E-state index contributed by atoms with van der Waals surface area (Å²) in [6.45, 7) is 3.69. The van der Waals surface area contributed by atoms with Gasteiger partial charge in [0.05, 0.1) is 12.2 Å². The lowest BCUT2D eigenvalue weighted by atomic mass is 9.73. The molecule has 4 N–H and O–H groups in total. The van der Waals surface area contributed by atoms with Gasteiger partial charge in [-0.05, 0) is 36.1 Å². The Morgan fingerprint density at radius 2 is 1.51 bits per heavy atom. The van der Waals surface area contributed by atoms with Crippen LogP contribution in [0.3, 0.4) is 0 Å². The number of rotatable bonds is 18. The molecule has 4 heterocycles. The summed E-state index contributed by atoms with van der Waals surface area (Å²) in [6.07, 6.45) is 9.82. The maximum Gasteiger partial charge on any atom is 0.305 e. The highest BCUT2D eigenvalue weighted by Gasteiger charge is 2.53. The number of nitrogens with zero attached hydrogens (tertiary/aromatic N) is 1. The van der Waals surface area contributed by atoms with Crippen LogP contribution in [-0.4, -0.2) is 100 Å². The van der Waals surface area contributed by atoms with Gasteiger partial charge in [-0.1, -0.05) is 95.6 Å². The van der Waals surface area contributed by atoms with Gasteiger partial charge in [0, 0.05) is 31.5 Å². The standard InChI is InChI=1S/C38H57NO10/c1-2-3-4-5-6-7-8-9-10-11-12-13-14-15-31(41)45-22-30-34(42)35(43)36(44)38(48-30)49-37-27(40)18-24-16-17-39-21-25-19-28-29(47-23-46-28)20-26(25)32(37)33(24)39/h18-20,27,30,32-38,40,42-44H,2-17,21-23H2,1H3/t27-,30+,32+,33+,34+,35+,36+,37+,38-/m1/s1. The number of benzene rings is 1. The normalized spacial score (nSPS) is 31.7. The molecule has 0 bridgehead atoms. The van der Waals surface area contributed by atoms with Crippen LogP contribution in [0.1, 0.15) is 120 Å². The minimum Gasteiger partial charge on any atom is -0.463 e. The molecule has 0 unspecified atom stereocenters. The van der Waals surface area contributed by atoms with Crippen molar-refractivity contribution in [2.75, 3.05) is 19.9 Å². The fourth-order valence-electron chi connectivity index (χ4n) is 8.35. The van der Waals surface area contributed by atoms with Crippen molar-refractivity contribution in [3.8, 4) is 11.5 Å². The molecule has 0 radical (unpaired) electrons. The summed E-state index contributed by atoms with van der Waals surface area (Å²) in [7, 11) is 0. The molecule has 1 aromatic carbocycles. The summed E-state index contributed by atoms with van der Waals surface area (Å²) in [4.78, 5) is 14.9. The molecule has 0 amide bonds. The SMILES string of the molecule is CCCCCCCCCCCCCCCC(=O)OC[C@@H]1O[C@H](O[C@@H]2[C@H]3c4cc5c(cc4CN4CCC(=C[C@H]2O)[C@@H]34)OCO5)[C@@H](O)[C@@H](O)[C@H]1O. The summed E-state index contributed by atoms with van der Waals surface area (Å²) >= 11 is 0. The number of esters is 1. The predicted octanol–water partition coefficient (Wildman–Crippen LogP) is 4.61. The Labute approximate surface area is 290 Å². The molecule has 0 saturated carbocycles. The Hall–Kier alpha value is -2.25. The van der Waals surface area contributed by atoms with Gasteiger partial charge in [-0.15, -0.1) is 0 Å². The number of hydrogen-bond acceptors (Lipinski definition) is 11. The zero-order valence-electron chi connectivity index (χ0n) is 29.0. The maximum atomic E-state index is 12.5. The van der Waals surface area contributed by atoms with Crippen LogP contribution in [0.5, 0.6) is 11.5 Å². The van der Waals surface area contributed by atoms with Crippen molar-refractivity contribution in [2.45, 2.75) is 165 Å². The molecule has 1 aromatic rings. The third-order valence-corrected chi connectivity index (χ3v) is 11.1. The van der Waals surface area contributed by atoms with E-state index in [9.17, 15) is 25.2 Å². The molecule has 2 saturated heterocycles. The number of fused-ring (bicyclic) bond motifs is 3. The second-order valence-electron chi connectivity index (χ2n) is 14.6. The van der Waals surface area contributed by atoms with Crippen molar-refractivity contribution < 1.29 is 48.9 Å². The first-order valence-corrected chi connectivity index (χ1v) is 18.9. The summed E-state index contributed by atoms with van der Waals surface area (Å²) in [5, 5.41) is 43.7. The van der Waals surface area contributed by atoms with E-state index < -0.39 is 48.9 Å². The number of unbranched alkanes of at least 4 members (excludes halogenated alkanes) is 12. The number of carbonyl (C=O) groups excluding carboxylic acids is 1.